The molecule has 0 radical (unpaired) electrons. The summed E-state index contributed by atoms with van der Waals surface area (Å²) in [5, 5.41) is 8.26. The first kappa shape index (κ1) is 27.5. The molecule has 0 aliphatic rings. The molecule has 1 unspecified atom stereocenters. The maximum atomic E-state index is 13.5. The number of amides is 2. The van der Waals surface area contributed by atoms with E-state index in [9.17, 15) is 9.59 Å². The predicted octanol–water partition coefficient (Wildman–Crippen LogP) is 7.95. The number of carbonyl (C=O) groups is 2. The third-order valence-electron chi connectivity index (χ3n) is 5.73. The van der Waals surface area contributed by atoms with Gasteiger partial charge in [-0.15, -0.1) is 23.1 Å². The number of thiazole rings is 1. The summed E-state index contributed by atoms with van der Waals surface area (Å²) in [5.74, 6) is 0.185. The Bertz CT molecular complexity index is 1580. The van der Waals surface area contributed by atoms with E-state index in [-0.39, 0.29) is 18.4 Å². The molecule has 1 aromatic heterocycles. The zero-order chi connectivity index (χ0) is 27.7. The lowest BCUT2D eigenvalue weighted by Gasteiger charge is -2.16. The fourth-order valence-electron chi connectivity index (χ4n) is 3.81. The number of thioether (sulfide) groups is 1. The minimum absolute atomic E-state index is 0.0916. The number of rotatable bonds is 10. The zero-order valence-corrected chi connectivity index (χ0v) is 23.5. The lowest BCUT2D eigenvalue weighted by molar-refractivity contribution is -0.118. The van der Waals surface area contributed by atoms with Gasteiger partial charge in [0.05, 0.1) is 5.69 Å². The number of benzene rings is 4. The predicted molar refractivity (Wildman–Crippen MR) is 163 cm³/mol. The van der Waals surface area contributed by atoms with E-state index in [0.29, 0.717) is 27.3 Å². The topological polar surface area (TPSA) is 80.3 Å². The van der Waals surface area contributed by atoms with Crippen LogP contribution in [-0.4, -0.2) is 23.4 Å². The van der Waals surface area contributed by atoms with Gasteiger partial charge in [0.2, 0.25) is 5.91 Å². The van der Waals surface area contributed by atoms with E-state index < -0.39 is 5.25 Å². The third kappa shape index (κ3) is 7.30. The molecule has 1 heterocycles. The molecule has 4 aromatic carbocycles. The monoisotopic (exact) mass is 585 g/mol. The highest BCUT2D eigenvalue weighted by Gasteiger charge is 2.23. The Hall–Kier alpha value is -4.11. The summed E-state index contributed by atoms with van der Waals surface area (Å²) >= 11 is 9.08. The number of hydrogen-bond acceptors (Lipinski definition) is 6. The number of anilines is 2. The molecule has 0 saturated heterocycles. The van der Waals surface area contributed by atoms with E-state index in [4.69, 9.17) is 16.3 Å². The third-order valence-corrected chi connectivity index (χ3v) is 8.08. The van der Waals surface area contributed by atoms with Crippen molar-refractivity contribution in [3.8, 4) is 17.0 Å². The Balaban J connectivity index is 1.24. The Morgan fingerprint density at radius 1 is 0.850 bits per heavy atom. The second-order valence-electron chi connectivity index (χ2n) is 8.59. The molecule has 40 heavy (non-hydrogen) atoms. The minimum atomic E-state index is -0.520. The molecule has 0 aliphatic heterocycles. The summed E-state index contributed by atoms with van der Waals surface area (Å²) in [5.41, 5.74) is 3.03. The van der Waals surface area contributed by atoms with Crippen LogP contribution in [0, 0.1) is 0 Å². The Labute approximate surface area is 245 Å². The van der Waals surface area contributed by atoms with Gasteiger partial charge in [-0.1, -0.05) is 78.3 Å². The molecule has 200 valence electrons. The molecule has 1 atom stereocenters. The average Bonchev–Trinajstić information content (AvgIpc) is 3.45. The molecule has 0 spiro atoms. The van der Waals surface area contributed by atoms with E-state index in [2.05, 4.69) is 15.6 Å². The van der Waals surface area contributed by atoms with Gasteiger partial charge in [-0.25, -0.2) is 4.98 Å². The van der Waals surface area contributed by atoms with Gasteiger partial charge < -0.3 is 15.4 Å². The Morgan fingerprint density at radius 3 is 2.25 bits per heavy atom. The summed E-state index contributed by atoms with van der Waals surface area (Å²) in [4.78, 5) is 31.2. The van der Waals surface area contributed by atoms with Gasteiger partial charge in [-0.2, -0.15) is 0 Å². The first-order valence-electron chi connectivity index (χ1n) is 12.4. The van der Waals surface area contributed by atoms with E-state index in [1.54, 1.807) is 24.3 Å². The quantitative estimate of drug-likeness (QED) is 0.163. The lowest BCUT2D eigenvalue weighted by atomic mass is 10.1. The number of aromatic nitrogens is 1. The van der Waals surface area contributed by atoms with Crippen LogP contribution in [0.15, 0.2) is 119 Å². The molecule has 0 saturated carbocycles. The lowest BCUT2D eigenvalue weighted by Crippen LogP contribution is -2.20. The first-order valence-corrected chi connectivity index (χ1v) is 14.5. The van der Waals surface area contributed by atoms with Crippen LogP contribution in [0.25, 0.3) is 11.3 Å². The van der Waals surface area contributed by atoms with Gasteiger partial charge in [0.1, 0.15) is 11.0 Å². The summed E-state index contributed by atoms with van der Waals surface area (Å²) in [6.45, 7) is -0.0916. The van der Waals surface area contributed by atoms with E-state index in [0.717, 1.165) is 16.0 Å². The van der Waals surface area contributed by atoms with Gasteiger partial charge in [-0.05, 0) is 48.0 Å². The molecule has 6 nitrogen and oxygen atoms in total. The normalized spacial score (nSPS) is 11.4. The fraction of sp³-hybridized carbons (Fsp3) is 0.0645. The highest BCUT2D eigenvalue weighted by Crippen LogP contribution is 2.37. The number of ether oxygens (including phenoxy) is 1. The highest BCUT2D eigenvalue weighted by molar-refractivity contribution is 8.00. The van der Waals surface area contributed by atoms with E-state index in [1.807, 2.05) is 90.3 Å². The number of nitrogens with zero attached hydrogens (tertiary/aromatic N) is 1. The molecule has 9 heteroatoms. The molecule has 0 fully saturated rings. The van der Waals surface area contributed by atoms with Crippen LogP contribution in [0.2, 0.25) is 5.02 Å². The largest absolute Gasteiger partial charge is 0.484 e. The average molecular weight is 586 g/mol. The standard InChI is InChI=1S/C31H24ClN3O3S2/c32-26-14-8-7-13-25(26)27-20-39-31(34-27)35-30(37)29(21-9-3-1-4-10-21)40-24-17-15-22(16-18-24)33-28(36)19-38-23-11-5-2-6-12-23/h1-18,20,29H,19H2,(H,33,36)(H,34,35,37). The summed E-state index contributed by atoms with van der Waals surface area (Å²) in [6.07, 6.45) is 0. The number of hydrogen-bond donors (Lipinski definition) is 2. The van der Waals surface area contributed by atoms with Crippen LogP contribution in [-0.2, 0) is 9.59 Å². The number of carbonyl (C=O) groups excluding carboxylic acids is 2. The molecular formula is C31H24ClN3O3S2. The molecular weight excluding hydrogens is 562 g/mol. The van der Waals surface area contributed by atoms with Gasteiger partial charge in [-0.3, -0.25) is 9.59 Å². The van der Waals surface area contributed by atoms with Crippen LogP contribution >= 0.6 is 34.7 Å². The van der Waals surface area contributed by atoms with Crippen LogP contribution in [0.5, 0.6) is 5.75 Å². The van der Waals surface area contributed by atoms with Gasteiger partial charge in [0.25, 0.3) is 5.91 Å². The van der Waals surface area contributed by atoms with Crippen LogP contribution < -0.4 is 15.4 Å². The van der Waals surface area contributed by atoms with Crippen molar-refractivity contribution in [1.82, 2.24) is 4.98 Å². The first-order chi connectivity index (χ1) is 19.5. The fourth-order valence-corrected chi connectivity index (χ4v) is 5.78. The van der Waals surface area contributed by atoms with E-state index in [1.165, 1.54) is 23.1 Å². The molecule has 0 aliphatic carbocycles. The van der Waals surface area contributed by atoms with Crippen molar-refractivity contribution in [1.29, 1.82) is 0 Å². The molecule has 5 aromatic rings. The maximum Gasteiger partial charge on any atom is 0.262 e. The van der Waals surface area contributed by atoms with Crippen LogP contribution in [0.1, 0.15) is 10.8 Å². The number of nitrogens with one attached hydrogen (secondary N) is 2. The summed E-state index contributed by atoms with van der Waals surface area (Å²) in [7, 11) is 0. The molecule has 2 amide bonds. The minimum Gasteiger partial charge on any atom is -0.484 e. The van der Waals surface area contributed by atoms with Crippen molar-refractivity contribution >= 4 is 57.3 Å². The summed E-state index contributed by atoms with van der Waals surface area (Å²) in [6, 6.07) is 33.6. The molecule has 2 N–H and O–H groups in total. The van der Waals surface area contributed by atoms with Gasteiger partial charge in [0.15, 0.2) is 11.7 Å². The zero-order valence-electron chi connectivity index (χ0n) is 21.1. The summed E-state index contributed by atoms with van der Waals surface area (Å²) < 4.78 is 5.50. The van der Waals surface area contributed by atoms with Gasteiger partial charge >= 0.3 is 0 Å². The molecule has 0 bridgehead atoms. The van der Waals surface area contributed by atoms with Gasteiger partial charge in [0, 0.05) is 26.5 Å². The number of halogens is 1. The van der Waals surface area contributed by atoms with Crippen molar-refractivity contribution in [2.24, 2.45) is 0 Å². The second-order valence-corrected chi connectivity index (χ2v) is 11.0. The molecule has 5 rings (SSSR count). The Morgan fingerprint density at radius 2 is 1.52 bits per heavy atom. The van der Waals surface area contributed by atoms with Crippen molar-refractivity contribution in [2.75, 3.05) is 17.2 Å². The Kier molecular flexibility index (Phi) is 9.13. The van der Waals surface area contributed by atoms with Crippen molar-refractivity contribution in [3.05, 3.63) is 125 Å². The SMILES string of the molecule is O=C(COc1ccccc1)Nc1ccc(SC(C(=O)Nc2nc(-c3ccccc3Cl)cs2)c2ccccc2)cc1. The van der Waals surface area contributed by atoms with Crippen LogP contribution in [0.3, 0.4) is 0 Å². The maximum absolute atomic E-state index is 13.5. The smallest absolute Gasteiger partial charge is 0.262 e. The van der Waals surface area contributed by atoms with E-state index >= 15 is 0 Å². The highest BCUT2D eigenvalue weighted by atomic mass is 35.5. The number of para-hydroxylation sites is 1. The second kappa shape index (κ2) is 13.3. The van der Waals surface area contributed by atoms with Crippen molar-refractivity contribution in [2.45, 2.75) is 10.1 Å². The van der Waals surface area contributed by atoms with Crippen molar-refractivity contribution in [3.63, 3.8) is 0 Å². The van der Waals surface area contributed by atoms with Crippen molar-refractivity contribution < 1.29 is 14.3 Å². The van der Waals surface area contributed by atoms with Crippen LogP contribution in [0.4, 0.5) is 10.8 Å².